The maximum absolute atomic E-state index is 12.7. The highest BCUT2D eigenvalue weighted by atomic mass is 19.4. The molecule has 2 aromatic rings. The van der Waals surface area contributed by atoms with Gasteiger partial charge < -0.3 is 9.42 Å². The lowest BCUT2D eigenvalue weighted by atomic mass is 9.56. The highest BCUT2D eigenvalue weighted by Gasteiger charge is 2.46. The molecular formula is C21H24F3N3O2. The molecule has 5 nitrogen and oxygen atoms in total. The highest BCUT2D eigenvalue weighted by molar-refractivity contribution is 5.88. The van der Waals surface area contributed by atoms with Crippen LogP contribution in [0.3, 0.4) is 0 Å². The van der Waals surface area contributed by atoms with Crippen LogP contribution in [-0.2, 0) is 6.18 Å². The number of aromatic nitrogens is 1. The number of aryl methyl sites for hydroxylation is 1. The molecule has 4 rings (SSSR count). The molecule has 1 saturated heterocycles. The fourth-order valence-corrected chi connectivity index (χ4v) is 4.47. The van der Waals surface area contributed by atoms with Gasteiger partial charge in [0.05, 0.1) is 11.3 Å². The molecule has 2 aliphatic rings. The number of nitrogens with one attached hydrogen (secondary N) is 1. The summed E-state index contributed by atoms with van der Waals surface area (Å²) in [6, 6.07) is 5.36. The van der Waals surface area contributed by atoms with Crippen molar-refractivity contribution in [1.29, 1.82) is 0 Å². The number of hydrogen-bond acceptors (Lipinski definition) is 3. The number of rotatable bonds is 2. The van der Waals surface area contributed by atoms with Crippen LogP contribution in [0.4, 0.5) is 23.8 Å². The number of carbonyl (C=O) groups is 1. The Morgan fingerprint density at radius 2 is 1.79 bits per heavy atom. The molecule has 2 heterocycles. The standard InChI is InChI=1S/C21H24F3N3O2/c1-13-14(2)26-29-18(13)25-19(28)27-9-7-20(8-10-27)11-16(12-20)15-3-5-17(6-4-15)21(22,23)24/h3-6,16H,7-12H2,1-2H3,(H,25,28). The number of carbonyl (C=O) groups excluding carboxylic acids is 1. The molecule has 8 heteroatoms. The molecule has 1 saturated carbocycles. The Kier molecular flexibility index (Phi) is 4.83. The van der Waals surface area contributed by atoms with Crippen LogP contribution in [0, 0.1) is 19.3 Å². The Bertz CT molecular complexity index is 889. The van der Waals surface area contributed by atoms with Crippen LogP contribution in [0.2, 0.25) is 0 Å². The van der Waals surface area contributed by atoms with E-state index in [1.807, 2.05) is 13.8 Å². The van der Waals surface area contributed by atoms with Crippen molar-refractivity contribution in [3.63, 3.8) is 0 Å². The third-order valence-corrected chi connectivity index (χ3v) is 6.56. The monoisotopic (exact) mass is 407 g/mol. The minimum absolute atomic E-state index is 0.183. The second-order valence-electron chi connectivity index (χ2n) is 8.36. The third-order valence-electron chi connectivity index (χ3n) is 6.56. The largest absolute Gasteiger partial charge is 0.416 e. The topological polar surface area (TPSA) is 58.4 Å². The van der Waals surface area contributed by atoms with E-state index in [0.717, 1.165) is 42.5 Å². The first-order valence-corrected chi connectivity index (χ1v) is 9.83. The molecule has 0 unspecified atom stereocenters. The molecule has 0 atom stereocenters. The fraction of sp³-hybridized carbons (Fsp3) is 0.524. The second kappa shape index (κ2) is 7.07. The highest BCUT2D eigenvalue weighted by Crippen LogP contribution is 2.56. The van der Waals surface area contributed by atoms with Crippen LogP contribution in [0.5, 0.6) is 0 Å². The van der Waals surface area contributed by atoms with E-state index in [1.54, 1.807) is 17.0 Å². The van der Waals surface area contributed by atoms with Crippen molar-refractivity contribution in [3.8, 4) is 0 Å². The molecule has 1 spiro atoms. The average molecular weight is 407 g/mol. The number of urea groups is 1. The van der Waals surface area contributed by atoms with Crippen molar-refractivity contribution in [3.05, 3.63) is 46.6 Å². The van der Waals surface area contributed by atoms with Gasteiger partial charge in [-0.15, -0.1) is 0 Å². The number of alkyl halides is 3. The van der Waals surface area contributed by atoms with Gasteiger partial charge in [0.15, 0.2) is 0 Å². The maximum atomic E-state index is 12.7. The van der Waals surface area contributed by atoms with E-state index in [0.29, 0.717) is 24.9 Å². The molecule has 2 amide bonds. The lowest BCUT2D eigenvalue weighted by Gasteiger charge is -2.52. The Balaban J connectivity index is 1.29. The number of amides is 2. The lowest BCUT2D eigenvalue weighted by Crippen LogP contribution is -2.49. The average Bonchev–Trinajstić information content (AvgIpc) is 2.97. The molecular weight excluding hydrogens is 383 g/mol. The molecule has 2 fully saturated rings. The molecule has 1 N–H and O–H groups in total. The summed E-state index contributed by atoms with van der Waals surface area (Å²) in [7, 11) is 0. The summed E-state index contributed by atoms with van der Waals surface area (Å²) < 4.78 is 43.3. The van der Waals surface area contributed by atoms with E-state index in [9.17, 15) is 18.0 Å². The van der Waals surface area contributed by atoms with Gasteiger partial charge in [0.2, 0.25) is 5.88 Å². The van der Waals surface area contributed by atoms with Crippen molar-refractivity contribution in [2.75, 3.05) is 18.4 Å². The predicted molar refractivity (Wildman–Crippen MR) is 102 cm³/mol. The van der Waals surface area contributed by atoms with E-state index < -0.39 is 11.7 Å². The molecule has 0 bridgehead atoms. The quantitative estimate of drug-likeness (QED) is 0.715. The smallest absolute Gasteiger partial charge is 0.338 e. The zero-order chi connectivity index (χ0) is 20.8. The van der Waals surface area contributed by atoms with Gasteiger partial charge in [0.25, 0.3) is 0 Å². The van der Waals surface area contributed by atoms with Gasteiger partial charge in [-0.2, -0.15) is 13.2 Å². The summed E-state index contributed by atoms with van der Waals surface area (Å²) in [5.74, 6) is 0.691. The molecule has 1 aliphatic carbocycles. The van der Waals surface area contributed by atoms with Crippen LogP contribution in [0.15, 0.2) is 28.8 Å². The zero-order valence-electron chi connectivity index (χ0n) is 16.5. The maximum Gasteiger partial charge on any atom is 0.416 e. The zero-order valence-corrected chi connectivity index (χ0v) is 16.5. The molecule has 1 aromatic heterocycles. The van der Waals surface area contributed by atoms with Gasteiger partial charge in [-0.25, -0.2) is 4.79 Å². The Morgan fingerprint density at radius 3 is 2.31 bits per heavy atom. The summed E-state index contributed by atoms with van der Waals surface area (Å²) in [5.41, 5.74) is 2.14. The van der Waals surface area contributed by atoms with E-state index >= 15 is 0 Å². The molecule has 1 aliphatic heterocycles. The number of benzene rings is 1. The van der Waals surface area contributed by atoms with Crippen LogP contribution >= 0.6 is 0 Å². The minimum Gasteiger partial charge on any atom is -0.338 e. The van der Waals surface area contributed by atoms with E-state index in [2.05, 4.69) is 10.5 Å². The third kappa shape index (κ3) is 3.84. The SMILES string of the molecule is Cc1noc(NC(=O)N2CCC3(CC2)CC(c2ccc(C(F)(F)F)cc2)C3)c1C. The van der Waals surface area contributed by atoms with Crippen molar-refractivity contribution in [2.45, 2.75) is 51.6 Å². The predicted octanol–water partition coefficient (Wildman–Crippen LogP) is 5.50. The number of anilines is 1. The number of piperidine rings is 1. The van der Waals surface area contributed by atoms with Crippen molar-refractivity contribution < 1.29 is 22.5 Å². The van der Waals surface area contributed by atoms with Crippen LogP contribution in [0.1, 0.15) is 54.0 Å². The summed E-state index contributed by atoms with van der Waals surface area (Å²) in [5, 5.41) is 6.63. The van der Waals surface area contributed by atoms with E-state index in [4.69, 9.17) is 4.52 Å². The first kappa shape index (κ1) is 19.8. The normalized spacial score (nSPS) is 19.3. The number of likely N-dealkylation sites (tertiary alicyclic amines) is 1. The molecule has 0 radical (unpaired) electrons. The Labute approximate surface area is 167 Å². The number of nitrogens with zero attached hydrogens (tertiary/aromatic N) is 2. The van der Waals surface area contributed by atoms with E-state index in [-0.39, 0.29) is 11.4 Å². The van der Waals surface area contributed by atoms with Gasteiger partial charge >= 0.3 is 12.2 Å². The van der Waals surface area contributed by atoms with Crippen molar-refractivity contribution in [2.24, 2.45) is 5.41 Å². The van der Waals surface area contributed by atoms with Crippen molar-refractivity contribution in [1.82, 2.24) is 10.1 Å². The molecule has 1 aromatic carbocycles. The van der Waals surface area contributed by atoms with Gasteiger partial charge in [-0.3, -0.25) is 5.32 Å². The summed E-state index contributed by atoms with van der Waals surface area (Å²) in [6.07, 6.45) is -0.546. The number of halogens is 3. The Morgan fingerprint density at radius 1 is 1.17 bits per heavy atom. The number of hydrogen-bond donors (Lipinski definition) is 1. The minimum atomic E-state index is -4.30. The fourth-order valence-electron chi connectivity index (χ4n) is 4.47. The second-order valence-corrected chi connectivity index (χ2v) is 8.36. The molecule has 29 heavy (non-hydrogen) atoms. The van der Waals surface area contributed by atoms with Crippen LogP contribution in [0.25, 0.3) is 0 Å². The molecule has 156 valence electrons. The van der Waals surface area contributed by atoms with Gasteiger partial charge in [-0.1, -0.05) is 17.3 Å². The summed E-state index contributed by atoms with van der Waals surface area (Å²) >= 11 is 0. The van der Waals surface area contributed by atoms with Gasteiger partial charge in [-0.05, 0) is 68.6 Å². The first-order chi connectivity index (χ1) is 13.7. The summed E-state index contributed by atoms with van der Waals surface area (Å²) in [4.78, 5) is 14.3. The van der Waals surface area contributed by atoms with Gasteiger partial charge in [0, 0.05) is 18.7 Å². The van der Waals surface area contributed by atoms with Crippen molar-refractivity contribution >= 4 is 11.9 Å². The van der Waals surface area contributed by atoms with Crippen LogP contribution in [-0.4, -0.2) is 29.2 Å². The van der Waals surface area contributed by atoms with Gasteiger partial charge in [0.1, 0.15) is 0 Å². The lowest BCUT2D eigenvalue weighted by molar-refractivity contribution is -0.137. The first-order valence-electron chi connectivity index (χ1n) is 9.83. The van der Waals surface area contributed by atoms with E-state index in [1.165, 1.54) is 12.1 Å². The summed E-state index contributed by atoms with van der Waals surface area (Å²) in [6.45, 7) is 5.00. The van der Waals surface area contributed by atoms with Crippen LogP contribution < -0.4 is 5.32 Å². The Hall–Kier alpha value is -2.51.